The van der Waals surface area contributed by atoms with Crippen LogP contribution in [0.25, 0.3) is 11.0 Å². The van der Waals surface area contributed by atoms with Gasteiger partial charge in [0.15, 0.2) is 5.65 Å². The Morgan fingerprint density at radius 2 is 2.42 bits per heavy atom. The van der Waals surface area contributed by atoms with Crippen LogP contribution in [-0.4, -0.2) is 14.8 Å². The van der Waals surface area contributed by atoms with Crippen LogP contribution in [0.4, 0.5) is 0 Å². The van der Waals surface area contributed by atoms with Crippen molar-refractivity contribution in [2.75, 3.05) is 0 Å². The number of aryl methyl sites for hydroxylation is 1. The van der Waals surface area contributed by atoms with Crippen LogP contribution in [0.3, 0.4) is 0 Å². The highest BCUT2D eigenvalue weighted by Crippen LogP contribution is 2.13. The first-order chi connectivity index (χ1) is 5.83. The van der Waals surface area contributed by atoms with E-state index in [1.54, 1.807) is 30.2 Å². The number of aromatic nitrogens is 3. The quantitative estimate of drug-likeness (QED) is 0.570. The minimum atomic E-state index is 0.619. The molecule has 58 valence electrons. The summed E-state index contributed by atoms with van der Waals surface area (Å²) in [5.74, 6) is 0. The Balaban J connectivity index is 2.92. The van der Waals surface area contributed by atoms with Crippen LogP contribution >= 0.6 is 0 Å². The summed E-state index contributed by atoms with van der Waals surface area (Å²) in [6.07, 6.45) is 3.27. The molecule has 0 amide bonds. The summed E-state index contributed by atoms with van der Waals surface area (Å²) in [4.78, 5) is 4.10. The van der Waals surface area contributed by atoms with E-state index < -0.39 is 0 Å². The first-order valence-electron chi connectivity index (χ1n) is 3.50. The fourth-order valence-electron chi connectivity index (χ4n) is 1.14. The summed E-state index contributed by atoms with van der Waals surface area (Å²) in [7, 11) is 1.80. The second-order valence-corrected chi connectivity index (χ2v) is 2.48. The lowest BCUT2D eigenvalue weighted by Gasteiger charge is -1.92. The third-order valence-electron chi connectivity index (χ3n) is 1.76. The Labute approximate surface area is 69.1 Å². The number of hydrogen-bond donors (Lipinski definition) is 0. The van der Waals surface area contributed by atoms with Crippen molar-refractivity contribution in [1.82, 2.24) is 14.8 Å². The second kappa shape index (κ2) is 2.31. The molecule has 0 aliphatic rings. The highest BCUT2D eigenvalue weighted by Gasteiger charge is 2.03. The molecule has 0 N–H and O–H groups in total. The summed E-state index contributed by atoms with van der Waals surface area (Å²) in [5.41, 5.74) is 1.36. The predicted octanol–water partition coefficient (Wildman–Crippen LogP) is 0.840. The molecule has 0 aliphatic carbocycles. The zero-order valence-corrected chi connectivity index (χ0v) is 6.52. The van der Waals surface area contributed by atoms with E-state index in [2.05, 4.69) is 16.2 Å². The maximum absolute atomic E-state index is 8.73. The van der Waals surface area contributed by atoms with Crippen LogP contribution in [0.2, 0.25) is 0 Å². The third kappa shape index (κ3) is 0.768. The molecule has 0 saturated carbocycles. The summed E-state index contributed by atoms with van der Waals surface area (Å²) in [6, 6.07) is 3.77. The van der Waals surface area contributed by atoms with E-state index in [1.165, 1.54) is 0 Å². The molecule has 0 aromatic carbocycles. The molecule has 4 heteroatoms. The molecule has 0 bridgehead atoms. The summed E-state index contributed by atoms with van der Waals surface area (Å²) in [5, 5.41) is 13.5. The highest BCUT2D eigenvalue weighted by molar-refractivity contribution is 5.80. The minimum Gasteiger partial charge on any atom is -0.250 e. The number of rotatable bonds is 0. The summed E-state index contributed by atoms with van der Waals surface area (Å²) < 4.78 is 1.65. The third-order valence-corrected chi connectivity index (χ3v) is 1.76. The average Bonchev–Trinajstić information content (AvgIpc) is 2.48. The van der Waals surface area contributed by atoms with Gasteiger partial charge in [0.1, 0.15) is 6.07 Å². The molecule has 0 fully saturated rings. The predicted molar refractivity (Wildman–Crippen MR) is 43.2 cm³/mol. The zero-order valence-electron chi connectivity index (χ0n) is 6.52. The van der Waals surface area contributed by atoms with E-state index in [0.717, 1.165) is 11.0 Å². The van der Waals surface area contributed by atoms with Gasteiger partial charge in [-0.1, -0.05) is 0 Å². The van der Waals surface area contributed by atoms with Gasteiger partial charge in [-0.25, -0.2) is 4.98 Å². The van der Waals surface area contributed by atoms with Crippen molar-refractivity contribution in [2.24, 2.45) is 7.05 Å². The van der Waals surface area contributed by atoms with Crippen LogP contribution in [0.5, 0.6) is 0 Å². The largest absolute Gasteiger partial charge is 0.250 e. The van der Waals surface area contributed by atoms with Gasteiger partial charge >= 0.3 is 0 Å². The summed E-state index contributed by atoms with van der Waals surface area (Å²) >= 11 is 0. The van der Waals surface area contributed by atoms with Gasteiger partial charge in [0.25, 0.3) is 0 Å². The minimum absolute atomic E-state index is 0.619. The average molecular weight is 158 g/mol. The first kappa shape index (κ1) is 6.80. The Bertz CT molecular complexity index is 463. The van der Waals surface area contributed by atoms with Gasteiger partial charge in [0.2, 0.25) is 0 Å². The fraction of sp³-hybridized carbons (Fsp3) is 0.125. The number of hydrogen-bond acceptors (Lipinski definition) is 3. The van der Waals surface area contributed by atoms with Crippen LogP contribution < -0.4 is 0 Å². The number of nitrogens with zero attached hydrogens (tertiary/aromatic N) is 4. The molecule has 2 heterocycles. The monoisotopic (exact) mass is 158 g/mol. The highest BCUT2D eigenvalue weighted by atomic mass is 15.3. The molecule has 2 aromatic heterocycles. The van der Waals surface area contributed by atoms with Crippen molar-refractivity contribution < 1.29 is 0 Å². The van der Waals surface area contributed by atoms with E-state index in [-0.39, 0.29) is 0 Å². The maximum atomic E-state index is 8.73. The fourth-order valence-corrected chi connectivity index (χ4v) is 1.14. The Kier molecular flexibility index (Phi) is 1.31. The lowest BCUT2D eigenvalue weighted by atomic mass is 10.2. The van der Waals surface area contributed by atoms with Gasteiger partial charge in [-0.15, -0.1) is 0 Å². The van der Waals surface area contributed by atoms with Crippen LogP contribution in [-0.2, 0) is 7.05 Å². The Morgan fingerprint density at radius 3 is 3.17 bits per heavy atom. The van der Waals surface area contributed by atoms with E-state index in [9.17, 15) is 0 Å². The first-order valence-corrected chi connectivity index (χ1v) is 3.50. The molecule has 0 saturated heterocycles. The van der Waals surface area contributed by atoms with Crippen molar-refractivity contribution in [1.29, 1.82) is 5.26 Å². The van der Waals surface area contributed by atoms with Gasteiger partial charge in [-0.3, -0.25) is 4.68 Å². The molecular weight excluding hydrogens is 152 g/mol. The van der Waals surface area contributed by atoms with Gasteiger partial charge in [-0.2, -0.15) is 10.4 Å². The van der Waals surface area contributed by atoms with Gasteiger partial charge in [0.05, 0.1) is 17.1 Å². The number of nitriles is 1. The zero-order chi connectivity index (χ0) is 8.55. The van der Waals surface area contributed by atoms with Crippen molar-refractivity contribution in [2.45, 2.75) is 0 Å². The summed E-state index contributed by atoms with van der Waals surface area (Å²) in [6.45, 7) is 0. The molecule has 2 rings (SSSR count). The molecule has 4 nitrogen and oxygen atoms in total. The van der Waals surface area contributed by atoms with Crippen molar-refractivity contribution in [3.05, 3.63) is 24.0 Å². The van der Waals surface area contributed by atoms with E-state index >= 15 is 0 Å². The van der Waals surface area contributed by atoms with Gasteiger partial charge < -0.3 is 0 Å². The van der Waals surface area contributed by atoms with Crippen molar-refractivity contribution in [3.63, 3.8) is 0 Å². The topological polar surface area (TPSA) is 54.5 Å². The lowest BCUT2D eigenvalue weighted by Crippen LogP contribution is -1.91. The number of fused-ring (bicyclic) bond motifs is 1. The van der Waals surface area contributed by atoms with Crippen molar-refractivity contribution >= 4 is 11.0 Å². The van der Waals surface area contributed by atoms with Gasteiger partial charge in [-0.05, 0) is 6.07 Å². The molecule has 12 heavy (non-hydrogen) atoms. The molecule has 0 aliphatic heterocycles. The Morgan fingerprint density at radius 1 is 1.58 bits per heavy atom. The molecule has 0 spiro atoms. The lowest BCUT2D eigenvalue weighted by molar-refractivity contribution is 0.786. The van der Waals surface area contributed by atoms with Crippen LogP contribution in [0, 0.1) is 11.3 Å². The maximum Gasteiger partial charge on any atom is 0.158 e. The van der Waals surface area contributed by atoms with E-state index in [1.807, 2.05) is 0 Å². The molecule has 2 aromatic rings. The SMILES string of the molecule is Cn1ncc2c(C#N)ccnc21. The standard InChI is InChI=1S/C8H6N4/c1-12-8-7(5-11-12)6(4-9)2-3-10-8/h2-3,5H,1H3. The van der Waals surface area contributed by atoms with Crippen LogP contribution in [0.15, 0.2) is 18.5 Å². The van der Waals surface area contributed by atoms with E-state index in [0.29, 0.717) is 5.56 Å². The van der Waals surface area contributed by atoms with Crippen molar-refractivity contribution in [3.8, 4) is 6.07 Å². The Hall–Kier alpha value is -1.89. The molecular formula is C8H6N4. The molecule has 0 unspecified atom stereocenters. The smallest absolute Gasteiger partial charge is 0.158 e. The molecule has 0 atom stereocenters. The van der Waals surface area contributed by atoms with Crippen LogP contribution in [0.1, 0.15) is 5.56 Å². The van der Waals surface area contributed by atoms with Gasteiger partial charge in [0, 0.05) is 13.2 Å². The molecule has 0 radical (unpaired) electrons. The van der Waals surface area contributed by atoms with E-state index in [4.69, 9.17) is 5.26 Å². The normalized spacial score (nSPS) is 10.0. The second-order valence-electron chi connectivity index (χ2n) is 2.48. The number of pyridine rings is 1.